The fourth-order valence-corrected chi connectivity index (χ4v) is 4.04. The van der Waals surface area contributed by atoms with E-state index in [4.69, 9.17) is 4.99 Å². The van der Waals surface area contributed by atoms with Crippen molar-refractivity contribution in [1.82, 2.24) is 14.9 Å². The molecule has 1 aliphatic rings. The fourth-order valence-electron chi connectivity index (χ4n) is 4.04. The fraction of sp³-hybridized carbons (Fsp3) is 0.261. The molecule has 0 amide bonds. The SMILES string of the molecule is CCn1cc(C2=NC(C)C(c3ccc(C(F)(F)F)cc3)(c3ccnc(F)c3)N2)ccc1=O. The number of aromatic nitrogens is 2. The minimum Gasteiger partial charge on any atom is -0.354 e. The van der Waals surface area contributed by atoms with Crippen LogP contribution in [0.4, 0.5) is 17.6 Å². The Labute approximate surface area is 181 Å². The van der Waals surface area contributed by atoms with Gasteiger partial charge < -0.3 is 9.88 Å². The van der Waals surface area contributed by atoms with Gasteiger partial charge in [0, 0.05) is 30.6 Å². The highest BCUT2D eigenvalue weighted by Crippen LogP contribution is 2.40. The van der Waals surface area contributed by atoms with E-state index in [1.54, 1.807) is 25.3 Å². The standard InChI is InChI=1S/C23H20F4N4O/c1-3-31-13-15(4-9-20(31)32)21-29-14(2)22(30-21,18-10-11-28-19(24)12-18)16-5-7-17(8-6-16)23(25,26)27/h4-14H,3H2,1-2H3,(H,29,30). The highest BCUT2D eigenvalue weighted by Gasteiger charge is 2.46. The Bertz CT molecular complexity index is 1230. The van der Waals surface area contributed by atoms with Crippen molar-refractivity contribution in [2.24, 2.45) is 4.99 Å². The zero-order valence-corrected chi connectivity index (χ0v) is 17.3. The molecule has 166 valence electrons. The van der Waals surface area contributed by atoms with E-state index < -0.39 is 29.3 Å². The van der Waals surface area contributed by atoms with E-state index in [1.807, 2.05) is 6.92 Å². The lowest BCUT2D eigenvalue weighted by atomic mass is 9.78. The Hall–Kier alpha value is -3.49. The van der Waals surface area contributed by atoms with Crippen LogP contribution in [0, 0.1) is 5.95 Å². The number of benzene rings is 1. The number of aryl methyl sites for hydroxylation is 1. The summed E-state index contributed by atoms with van der Waals surface area (Å²) in [4.78, 5) is 20.3. The lowest BCUT2D eigenvalue weighted by Gasteiger charge is -2.35. The number of pyridine rings is 2. The number of nitrogens with zero attached hydrogens (tertiary/aromatic N) is 3. The summed E-state index contributed by atoms with van der Waals surface area (Å²) in [6, 6.07) is 10.1. The van der Waals surface area contributed by atoms with Gasteiger partial charge >= 0.3 is 6.18 Å². The lowest BCUT2D eigenvalue weighted by molar-refractivity contribution is -0.137. The molecule has 1 N–H and O–H groups in total. The van der Waals surface area contributed by atoms with Gasteiger partial charge in [0.15, 0.2) is 0 Å². The number of hydrogen-bond acceptors (Lipinski definition) is 4. The molecule has 3 heterocycles. The Kier molecular flexibility index (Phi) is 5.36. The molecule has 0 spiro atoms. The van der Waals surface area contributed by atoms with E-state index in [0.29, 0.717) is 29.1 Å². The van der Waals surface area contributed by atoms with Crippen molar-refractivity contribution in [3.8, 4) is 0 Å². The van der Waals surface area contributed by atoms with Crippen molar-refractivity contribution in [3.63, 3.8) is 0 Å². The molecule has 1 aliphatic heterocycles. The zero-order valence-electron chi connectivity index (χ0n) is 17.3. The van der Waals surface area contributed by atoms with Gasteiger partial charge in [0.25, 0.3) is 5.56 Å². The summed E-state index contributed by atoms with van der Waals surface area (Å²) < 4.78 is 54.9. The van der Waals surface area contributed by atoms with Crippen LogP contribution >= 0.6 is 0 Å². The monoisotopic (exact) mass is 444 g/mol. The van der Waals surface area contributed by atoms with Crippen LogP contribution in [0.1, 0.15) is 36.1 Å². The highest BCUT2D eigenvalue weighted by atomic mass is 19.4. The number of alkyl halides is 3. The molecule has 0 saturated carbocycles. The van der Waals surface area contributed by atoms with Crippen molar-refractivity contribution >= 4 is 5.84 Å². The van der Waals surface area contributed by atoms with Gasteiger partial charge in [0.1, 0.15) is 11.4 Å². The normalized spacial score (nSPS) is 20.7. The van der Waals surface area contributed by atoms with Gasteiger partial charge in [-0.25, -0.2) is 4.98 Å². The summed E-state index contributed by atoms with van der Waals surface area (Å²) in [7, 11) is 0. The largest absolute Gasteiger partial charge is 0.416 e. The van der Waals surface area contributed by atoms with Gasteiger partial charge in [-0.3, -0.25) is 9.79 Å². The summed E-state index contributed by atoms with van der Waals surface area (Å²) >= 11 is 0. The molecule has 0 bridgehead atoms. The molecule has 0 fully saturated rings. The molecular formula is C23H20F4N4O. The Morgan fingerprint density at radius 1 is 1.09 bits per heavy atom. The topological polar surface area (TPSA) is 59.3 Å². The average molecular weight is 444 g/mol. The Morgan fingerprint density at radius 3 is 2.44 bits per heavy atom. The van der Waals surface area contributed by atoms with Crippen LogP contribution in [0.5, 0.6) is 0 Å². The molecule has 9 heteroatoms. The van der Waals surface area contributed by atoms with Crippen LogP contribution in [0.2, 0.25) is 0 Å². The molecule has 2 atom stereocenters. The van der Waals surface area contributed by atoms with Gasteiger partial charge in [-0.2, -0.15) is 17.6 Å². The van der Waals surface area contributed by atoms with Crippen LogP contribution in [0.3, 0.4) is 0 Å². The average Bonchev–Trinajstić information content (AvgIpc) is 3.11. The second-order valence-electron chi connectivity index (χ2n) is 7.57. The zero-order chi connectivity index (χ0) is 23.1. The third-order valence-corrected chi connectivity index (χ3v) is 5.71. The molecular weight excluding hydrogens is 424 g/mol. The van der Waals surface area contributed by atoms with E-state index in [2.05, 4.69) is 10.3 Å². The summed E-state index contributed by atoms with van der Waals surface area (Å²) in [5.41, 5.74) is -0.462. The molecule has 3 aromatic rings. The van der Waals surface area contributed by atoms with Gasteiger partial charge in [0.05, 0.1) is 11.6 Å². The van der Waals surface area contributed by atoms with Crippen LogP contribution < -0.4 is 10.9 Å². The Morgan fingerprint density at radius 2 is 1.81 bits per heavy atom. The first kappa shape index (κ1) is 21.7. The molecule has 4 rings (SSSR count). The van der Waals surface area contributed by atoms with E-state index >= 15 is 0 Å². The number of aliphatic imine (C=N–C) groups is 1. The maximum atomic E-state index is 14.1. The summed E-state index contributed by atoms with van der Waals surface area (Å²) in [6.45, 7) is 4.10. The van der Waals surface area contributed by atoms with Gasteiger partial charge in [-0.1, -0.05) is 12.1 Å². The number of hydrogen-bond donors (Lipinski definition) is 1. The third-order valence-electron chi connectivity index (χ3n) is 5.71. The van der Waals surface area contributed by atoms with Gasteiger partial charge in [-0.15, -0.1) is 0 Å². The maximum Gasteiger partial charge on any atom is 0.416 e. The maximum absolute atomic E-state index is 14.1. The van der Waals surface area contributed by atoms with E-state index in [0.717, 1.165) is 12.1 Å². The van der Waals surface area contributed by atoms with Crippen LogP contribution in [-0.2, 0) is 18.3 Å². The predicted molar refractivity (Wildman–Crippen MR) is 112 cm³/mol. The molecule has 1 aromatic carbocycles. The van der Waals surface area contributed by atoms with Gasteiger partial charge in [-0.05, 0) is 55.3 Å². The summed E-state index contributed by atoms with van der Waals surface area (Å²) in [6.07, 6.45) is -1.50. The first-order chi connectivity index (χ1) is 15.1. The van der Waals surface area contributed by atoms with Crippen molar-refractivity contribution in [2.45, 2.75) is 38.1 Å². The quantitative estimate of drug-likeness (QED) is 0.487. The summed E-state index contributed by atoms with van der Waals surface area (Å²) in [5, 5.41) is 3.32. The predicted octanol–water partition coefficient (Wildman–Crippen LogP) is 4.10. The number of nitrogens with one attached hydrogen (secondary N) is 1. The summed E-state index contributed by atoms with van der Waals surface area (Å²) in [5.74, 6) is -0.257. The molecule has 0 aliphatic carbocycles. The van der Waals surface area contributed by atoms with Crippen molar-refractivity contribution in [2.75, 3.05) is 0 Å². The first-order valence-electron chi connectivity index (χ1n) is 10.0. The lowest BCUT2D eigenvalue weighted by Crippen LogP contribution is -2.48. The molecule has 0 radical (unpaired) electrons. The van der Waals surface area contributed by atoms with E-state index in [9.17, 15) is 22.4 Å². The highest BCUT2D eigenvalue weighted by molar-refractivity contribution is 6.01. The van der Waals surface area contributed by atoms with E-state index in [1.165, 1.54) is 35.0 Å². The van der Waals surface area contributed by atoms with E-state index in [-0.39, 0.29) is 5.56 Å². The van der Waals surface area contributed by atoms with Crippen LogP contribution in [0.25, 0.3) is 0 Å². The van der Waals surface area contributed by atoms with Gasteiger partial charge in [0.2, 0.25) is 5.95 Å². The number of rotatable bonds is 4. The molecule has 5 nitrogen and oxygen atoms in total. The Balaban J connectivity index is 1.84. The second-order valence-corrected chi connectivity index (χ2v) is 7.57. The first-order valence-corrected chi connectivity index (χ1v) is 10.0. The minimum atomic E-state index is -4.47. The minimum absolute atomic E-state index is 0.159. The number of halogens is 4. The van der Waals surface area contributed by atoms with Crippen LogP contribution in [0.15, 0.2) is 70.7 Å². The van der Waals surface area contributed by atoms with Crippen LogP contribution in [-0.4, -0.2) is 21.4 Å². The molecule has 2 aromatic heterocycles. The number of amidine groups is 1. The van der Waals surface area contributed by atoms with Crippen molar-refractivity contribution in [3.05, 3.63) is 99.5 Å². The van der Waals surface area contributed by atoms with Crippen molar-refractivity contribution in [1.29, 1.82) is 0 Å². The third kappa shape index (κ3) is 3.68. The molecule has 0 saturated heterocycles. The van der Waals surface area contributed by atoms with Crippen molar-refractivity contribution < 1.29 is 17.6 Å². The second kappa shape index (κ2) is 7.89. The molecule has 32 heavy (non-hydrogen) atoms. The smallest absolute Gasteiger partial charge is 0.354 e. The molecule has 2 unspecified atom stereocenters.